The molecular formula is C22H27N3OS2. The van der Waals surface area contributed by atoms with E-state index in [-0.39, 0.29) is 11.9 Å². The topological polar surface area (TPSA) is 81.5 Å². The van der Waals surface area contributed by atoms with Gasteiger partial charge in [-0.1, -0.05) is 5.92 Å². The van der Waals surface area contributed by atoms with Crippen molar-refractivity contribution in [2.45, 2.75) is 45.4 Å². The van der Waals surface area contributed by atoms with E-state index in [1.807, 2.05) is 19.1 Å². The number of nitrogens with zero attached hydrogens (tertiary/aromatic N) is 1. The van der Waals surface area contributed by atoms with Gasteiger partial charge in [-0.3, -0.25) is 9.79 Å². The summed E-state index contributed by atoms with van der Waals surface area (Å²) < 4.78 is 0. The second-order valence-corrected chi connectivity index (χ2v) is 9.40. The molecule has 0 aliphatic heterocycles. The smallest absolute Gasteiger partial charge is 0.185 e. The average molecular weight is 414 g/mol. The molecule has 0 amide bonds. The van der Waals surface area contributed by atoms with Crippen LogP contribution in [0, 0.1) is 23.7 Å². The van der Waals surface area contributed by atoms with Crippen LogP contribution < -0.4 is 11.5 Å². The zero-order valence-corrected chi connectivity index (χ0v) is 17.9. The largest absolute Gasteiger partial charge is 0.370 e. The lowest BCUT2D eigenvalue weighted by atomic mass is 9.78. The number of nitrogens with two attached hydrogens (primary N) is 2. The highest BCUT2D eigenvalue weighted by molar-refractivity contribution is 7.23. The Kier molecular flexibility index (Phi) is 7.30. The fourth-order valence-electron chi connectivity index (χ4n) is 3.77. The van der Waals surface area contributed by atoms with Crippen LogP contribution in [-0.4, -0.2) is 18.3 Å². The molecule has 0 saturated heterocycles. The Morgan fingerprint density at radius 1 is 1.11 bits per heavy atom. The molecule has 148 valence electrons. The van der Waals surface area contributed by atoms with E-state index in [0.29, 0.717) is 18.2 Å². The average Bonchev–Trinajstić information content (AvgIpc) is 3.35. The van der Waals surface area contributed by atoms with Gasteiger partial charge < -0.3 is 11.5 Å². The number of carbonyl (C=O) groups excluding carboxylic acids is 1. The summed E-state index contributed by atoms with van der Waals surface area (Å²) in [6.07, 6.45) is 6.40. The Morgan fingerprint density at radius 2 is 1.82 bits per heavy atom. The maximum Gasteiger partial charge on any atom is 0.185 e. The molecule has 1 fully saturated rings. The van der Waals surface area contributed by atoms with Gasteiger partial charge in [-0.2, -0.15) is 0 Å². The molecular weight excluding hydrogens is 386 g/mol. The van der Waals surface area contributed by atoms with Crippen molar-refractivity contribution in [3.63, 3.8) is 0 Å². The van der Waals surface area contributed by atoms with Crippen LogP contribution in [0.3, 0.4) is 0 Å². The van der Waals surface area contributed by atoms with Crippen molar-refractivity contribution >= 4 is 34.4 Å². The molecule has 2 aromatic rings. The number of hydrogen-bond acceptors (Lipinski definition) is 4. The van der Waals surface area contributed by atoms with Crippen molar-refractivity contribution in [2.75, 3.05) is 6.54 Å². The fourth-order valence-corrected chi connectivity index (χ4v) is 5.79. The van der Waals surface area contributed by atoms with Crippen LogP contribution in [0.2, 0.25) is 0 Å². The Balaban J connectivity index is 1.52. The summed E-state index contributed by atoms with van der Waals surface area (Å²) in [6, 6.07) is 8.21. The monoisotopic (exact) mass is 413 g/mol. The zero-order chi connectivity index (χ0) is 19.9. The summed E-state index contributed by atoms with van der Waals surface area (Å²) in [5.74, 6) is 7.38. The number of hydrogen-bond donors (Lipinski definition) is 2. The van der Waals surface area contributed by atoms with Crippen LogP contribution in [0.4, 0.5) is 0 Å². The van der Waals surface area contributed by atoms with E-state index >= 15 is 0 Å². The lowest BCUT2D eigenvalue weighted by Crippen LogP contribution is -2.23. The quantitative estimate of drug-likeness (QED) is 0.223. The molecule has 1 aliphatic rings. The molecule has 4 N–H and O–H groups in total. The van der Waals surface area contributed by atoms with Gasteiger partial charge in [0.1, 0.15) is 0 Å². The Bertz CT molecular complexity index is 888. The molecule has 0 unspecified atom stereocenters. The highest BCUT2D eigenvalue weighted by Crippen LogP contribution is 2.37. The number of guanidine groups is 1. The third-order valence-corrected chi connectivity index (χ3v) is 7.52. The van der Waals surface area contributed by atoms with Crippen LogP contribution in [0.25, 0.3) is 9.75 Å². The normalized spacial score (nSPS) is 18.9. The van der Waals surface area contributed by atoms with Gasteiger partial charge in [0.25, 0.3) is 0 Å². The molecule has 1 saturated carbocycles. The van der Waals surface area contributed by atoms with E-state index in [2.05, 4.69) is 29.0 Å². The summed E-state index contributed by atoms with van der Waals surface area (Å²) in [4.78, 5) is 21.3. The van der Waals surface area contributed by atoms with Crippen molar-refractivity contribution < 1.29 is 4.79 Å². The van der Waals surface area contributed by atoms with Crippen molar-refractivity contribution in [1.82, 2.24) is 0 Å². The lowest BCUT2D eigenvalue weighted by molar-refractivity contribution is 0.0874. The molecule has 1 aliphatic carbocycles. The first kappa shape index (κ1) is 20.6. The van der Waals surface area contributed by atoms with Crippen LogP contribution in [-0.2, 0) is 0 Å². The van der Waals surface area contributed by atoms with Crippen molar-refractivity contribution in [3.05, 3.63) is 34.0 Å². The van der Waals surface area contributed by atoms with Gasteiger partial charge in [0.15, 0.2) is 11.7 Å². The molecule has 2 heterocycles. The Morgan fingerprint density at radius 3 is 2.54 bits per heavy atom. The SMILES string of the molecule is CC#Cc1ccc(-c2ccc(C(=O)C3CCC(CCCN=C(N)N)CC3)s2)s1. The lowest BCUT2D eigenvalue weighted by Gasteiger charge is -2.27. The molecule has 2 aromatic heterocycles. The molecule has 3 rings (SSSR count). The van der Waals surface area contributed by atoms with Crippen molar-refractivity contribution in [3.8, 4) is 21.6 Å². The van der Waals surface area contributed by atoms with E-state index in [1.54, 1.807) is 22.7 Å². The first-order valence-corrected chi connectivity index (χ1v) is 11.4. The summed E-state index contributed by atoms with van der Waals surface area (Å²) >= 11 is 3.30. The minimum atomic E-state index is 0.168. The predicted octanol–water partition coefficient (Wildman–Crippen LogP) is 4.89. The summed E-state index contributed by atoms with van der Waals surface area (Å²) in [5, 5.41) is 0. The van der Waals surface area contributed by atoms with Gasteiger partial charge in [0.2, 0.25) is 0 Å². The third kappa shape index (κ3) is 5.46. The summed E-state index contributed by atoms with van der Waals surface area (Å²) in [6.45, 7) is 2.55. The van der Waals surface area contributed by atoms with Gasteiger partial charge in [-0.25, -0.2) is 0 Å². The zero-order valence-electron chi connectivity index (χ0n) is 16.2. The number of thiophene rings is 2. The number of Topliss-reactive ketones (excluding diaryl/α,β-unsaturated/α-hetero) is 1. The third-order valence-electron chi connectivity index (χ3n) is 5.23. The molecule has 0 aromatic carbocycles. The highest BCUT2D eigenvalue weighted by atomic mass is 32.1. The van der Waals surface area contributed by atoms with Crippen LogP contribution >= 0.6 is 22.7 Å². The molecule has 4 nitrogen and oxygen atoms in total. The standard InChI is InChI=1S/C22H27N3OS2/c1-2-4-17-10-11-18(27-17)19-12-13-20(28-19)21(26)16-8-6-15(7-9-16)5-3-14-25-22(23)24/h10-13,15-16H,3,5-9,14H2,1H3,(H4,23,24,25). The van der Waals surface area contributed by atoms with Gasteiger partial charge >= 0.3 is 0 Å². The van der Waals surface area contributed by atoms with Gasteiger partial charge in [-0.15, -0.1) is 28.6 Å². The van der Waals surface area contributed by atoms with E-state index in [4.69, 9.17) is 11.5 Å². The van der Waals surface area contributed by atoms with Crippen LogP contribution in [0.1, 0.15) is 60.0 Å². The van der Waals surface area contributed by atoms with Crippen LogP contribution in [0.5, 0.6) is 0 Å². The molecule has 28 heavy (non-hydrogen) atoms. The molecule has 6 heteroatoms. The second kappa shape index (κ2) is 9.90. The van der Waals surface area contributed by atoms with Gasteiger partial charge in [-0.05, 0) is 75.6 Å². The predicted molar refractivity (Wildman–Crippen MR) is 120 cm³/mol. The van der Waals surface area contributed by atoms with Gasteiger partial charge in [0, 0.05) is 22.2 Å². The second-order valence-electron chi connectivity index (χ2n) is 7.23. The number of carbonyl (C=O) groups is 1. The molecule has 0 atom stereocenters. The van der Waals surface area contributed by atoms with E-state index < -0.39 is 0 Å². The Labute approximate surface area is 175 Å². The van der Waals surface area contributed by atoms with E-state index in [9.17, 15) is 4.79 Å². The molecule has 0 spiro atoms. The van der Waals surface area contributed by atoms with Crippen molar-refractivity contribution in [2.24, 2.45) is 28.3 Å². The fraction of sp³-hybridized carbons (Fsp3) is 0.455. The minimum absolute atomic E-state index is 0.168. The molecule has 0 bridgehead atoms. The Hall–Kier alpha value is -2.10. The van der Waals surface area contributed by atoms with Gasteiger partial charge in [0.05, 0.1) is 9.75 Å². The number of rotatable bonds is 7. The number of ketones is 1. The van der Waals surface area contributed by atoms with Crippen molar-refractivity contribution in [1.29, 1.82) is 0 Å². The molecule has 0 radical (unpaired) electrons. The number of aliphatic imine (C=N–C) groups is 1. The van der Waals surface area contributed by atoms with E-state index in [0.717, 1.165) is 53.2 Å². The summed E-state index contributed by atoms with van der Waals surface area (Å²) in [7, 11) is 0. The van der Waals surface area contributed by atoms with Crippen LogP contribution in [0.15, 0.2) is 29.3 Å². The highest BCUT2D eigenvalue weighted by Gasteiger charge is 2.27. The van der Waals surface area contributed by atoms with E-state index in [1.165, 1.54) is 4.88 Å². The first-order valence-electron chi connectivity index (χ1n) is 9.79. The maximum absolute atomic E-state index is 12.9. The maximum atomic E-state index is 12.9. The minimum Gasteiger partial charge on any atom is -0.370 e. The first-order chi connectivity index (χ1) is 13.6. The summed E-state index contributed by atoms with van der Waals surface area (Å²) in [5.41, 5.74) is 10.7.